The number of nitrogens with one attached hydrogen (secondary N) is 1. The fourth-order valence-corrected chi connectivity index (χ4v) is 2.59. The molecule has 0 bridgehead atoms. The van der Waals surface area contributed by atoms with E-state index in [1.54, 1.807) is 4.90 Å². The Morgan fingerprint density at radius 2 is 2.17 bits per heavy atom. The molecule has 6 nitrogen and oxygen atoms in total. The van der Waals surface area contributed by atoms with Crippen LogP contribution < -0.4 is 5.32 Å². The molecule has 2 heterocycles. The maximum Gasteiger partial charge on any atom is 0.328 e. The summed E-state index contributed by atoms with van der Waals surface area (Å²) in [7, 11) is 1.33. The van der Waals surface area contributed by atoms with Gasteiger partial charge in [-0.05, 0) is 19.3 Å². The van der Waals surface area contributed by atoms with Crippen molar-refractivity contribution >= 4 is 17.8 Å². The minimum absolute atomic E-state index is 0.0972. The van der Waals surface area contributed by atoms with E-state index in [1.807, 2.05) is 0 Å². The van der Waals surface area contributed by atoms with Crippen molar-refractivity contribution in [2.24, 2.45) is 5.92 Å². The summed E-state index contributed by atoms with van der Waals surface area (Å²) >= 11 is 0. The van der Waals surface area contributed by atoms with Crippen LogP contribution in [0.1, 0.15) is 25.7 Å². The molecular formula is C12H18N2O4. The topological polar surface area (TPSA) is 75.7 Å². The van der Waals surface area contributed by atoms with E-state index in [4.69, 9.17) is 4.74 Å². The molecule has 0 aromatic heterocycles. The van der Waals surface area contributed by atoms with Gasteiger partial charge in [-0.2, -0.15) is 0 Å². The molecule has 0 aliphatic carbocycles. The van der Waals surface area contributed by atoms with E-state index < -0.39 is 6.04 Å². The van der Waals surface area contributed by atoms with Crippen molar-refractivity contribution in [2.45, 2.75) is 31.7 Å². The predicted octanol–water partition coefficient (Wildman–Crippen LogP) is -0.323. The van der Waals surface area contributed by atoms with Gasteiger partial charge in [0.15, 0.2) is 0 Å². The van der Waals surface area contributed by atoms with E-state index in [0.717, 1.165) is 12.8 Å². The Labute approximate surface area is 106 Å². The van der Waals surface area contributed by atoms with Crippen LogP contribution in [0.5, 0.6) is 0 Å². The molecule has 2 rings (SSSR count). The van der Waals surface area contributed by atoms with Crippen molar-refractivity contribution in [3.05, 3.63) is 0 Å². The molecule has 0 aromatic rings. The Kier molecular flexibility index (Phi) is 3.84. The van der Waals surface area contributed by atoms with Crippen LogP contribution in [-0.2, 0) is 19.1 Å². The molecule has 0 spiro atoms. The number of methoxy groups -OCH3 is 1. The summed E-state index contributed by atoms with van der Waals surface area (Å²) < 4.78 is 4.74. The van der Waals surface area contributed by atoms with Crippen LogP contribution in [0.15, 0.2) is 0 Å². The summed E-state index contributed by atoms with van der Waals surface area (Å²) in [5, 5.41) is 2.65. The zero-order chi connectivity index (χ0) is 13.1. The zero-order valence-corrected chi connectivity index (χ0v) is 10.5. The molecule has 2 aliphatic rings. The van der Waals surface area contributed by atoms with Gasteiger partial charge in [-0.3, -0.25) is 9.59 Å². The molecule has 18 heavy (non-hydrogen) atoms. The van der Waals surface area contributed by atoms with Crippen LogP contribution in [-0.4, -0.2) is 48.9 Å². The summed E-state index contributed by atoms with van der Waals surface area (Å²) in [6.45, 7) is 0.950. The highest BCUT2D eigenvalue weighted by molar-refractivity contribution is 5.91. The molecule has 0 radical (unpaired) electrons. The van der Waals surface area contributed by atoms with Crippen molar-refractivity contribution in [3.8, 4) is 0 Å². The Morgan fingerprint density at radius 1 is 1.39 bits per heavy atom. The SMILES string of the molecule is COC(=O)[C@H]1CCCCN1C(=O)C1CNC(=O)C1. The van der Waals surface area contributed by atoms with Crippen LogP contribution in [0.25, 0.3) is 0 Å². The first-order valence-corrected chi connectivity index (χ1v) is 6.28. The molecular weight excluding hydrogens is 236 g/mol. The van der Waals surface area contributed by atoms with Gasteiger partial charge in [0, 0.05) is 19.5 Å². The fraction of sp³-hybridized carbons (Fsp3) is 0.750. The van der Waals surface area contributed by atoms with E-state index in [9.17, 15) is 14.4 Å². The number of hydrogen-bond donors (Lipinski definition) is 1. The average Bonchev–Trinajstić information content (AvgIpc) is 2.83. The van der Waals surface area contributed by atoms with Crippen LogP contribution in [0.3, 0.4) is 0 Å². The smallest absolute Gasteiger partial charge is 0.328 e. The highest BCUT2D eigenvalue weighted by atomic mass is 16.5. The van der Waals surface area contributed by atoms with Crippen molar-refractivity contribution in [1.82, 2.24) is 10.2 Å². The molecule has 1 N–H and O–H groups in total. The predicted molar refractivity (Wildman–Crippen MR) is 62.5 cm³/mol. The van der Waals surface area contributed by atoms with Crippen LogP contribution in [0, 0.1) is 5.92 Å². The van der Waals surface area contributed by atoms with Gasteiger partial charge >= 0.3 is 5.97 Å². The minimum atomic E-state index is -0.480. The molecule has 0 aromatic carbocycles. The fourth-order valence-electron chi connectivity index (χ4n) is 2.59. The second kappa shape index (κ2) is 5.37. The van der Waals surface area contributed by atoms with Gasteiger partial charge in [0.1, 0.15) is 6.04 Å². The van der Waals surface area contributed by atoms with E-state index in [0.29, 0.717) is 19.5 Å². The normalized spacial score (nSPS) is 27.8. The van der Waals surface area contributed by atoms with Gasteiger partial charge in [-0.15, -0.1) is 0 Å². The lowest BCUT2D eigenvalue weighted by molar-refractivity contribution is -0.156. The summed E-state index contributed by atoms with van der Waals surface area (Å²) in [6.07, 6.45) is 2.69. The number of piperidine rings is 1. The number of rotatable bonds is 2. The third-order valence-electron chi connectivity index (χ3n) is 3.59. The summed E-state index contributed by atoms with van der Waals surface area (Å²) in [5.74, 6) is -0.897. The Balaban J connectivity index is 2.06. The maximum absolute atomic E-state index is 12.3. The molecule has 2 amide bonds. The molecule has 1 unspecified atom stereocenters. The van der Waals surface area contributed by atoms with Crippen molar-refractivity contribution in [2.75, 3.05) is 20.2 Å². The van der Waals surface area contributed by atoms with E-state index >= 15 is 0 Å². The lowest BCUT2D eigenvalue weighted by Crippen LogP contribution is -2.50. The number of nitrogens with zero attached hydrogens (tertiary/aromatic N) is 1. The number of ether oxygens (including phenoxy) is 1. The van der Waals surface area contributed by atoms with Gasteiger partial charge in [0.2, 0.25) is 11.8 Å². The highest BCUT2D eigenvalue weighted by Gasteiger charge is 2.38. The van der Waals surface area contributed by atoms with Crippen LogP contribution in [0.4, 0.5) is 0 Å². The number of hydrogen-bond acceptors (Lipinski definition) is 4. The van der Waals surface area contributed by atoms with E-state index in [1.165, 1.54) is 7.11 Å². The minimum Gasteiger partial charge on any atom is -0.467 e. The lowest BCUT2D eigenvalue weighted by Gasteiger charge is -2.35. The van der Waals surface area contributed by atoms with Crippen molar-refractivity contribution in [3.63, 3.8) is 0 Å². The molecule has 6 heteroatoms. The van der Waals surface area contributed by atoms with Crippen molar-refractivity contribution in [1.29, 1.82) is 0 Å². The Hall–Kier alpha value is -1.59. The molecule has 0 saturated carbocycles. The average molecular weight is 254 g/mol. The first kappa shape index (κ1) is 12.9. The van der Waals surface area contributed by atoms with E-state index in [-0.39, 0.29) is 30.1 Å². The maximum atomic E-state index is 12.3. The summed E-state index contributed by atoms with van der Waals surface area (Å²) in [4.78, 5) is 36.7. The number of amides is 2. The third kappa shape index (κ3) is 2.47. The first-order chi connectivity index (χ1) is 8.63. The lowest BCUT2D eigenvalue weighted by atomic mass is 9.98. The third-order valence-corrected chi connectivity index (χ3v) is 3.59. The second-order valence-corrected chi connectivity index (χ2v) is 4.77. The number of carbonyl (C=O) groups excluding carboxylic acids is 3. The standard InChI is InChI=1S/C12H18N2O4/c1-18-12(17)9-4-2-3-5-14(9)11(16)8-6-10(15)13-7-8/h8-9H,2-7H2,1H3,(H,13,15)/t8?,9-/m1/s1. The van der Waals surface area contributed by atoms with Crippen LogP contribution in [0.2, 0.25) is 0 Å². The largest absolute Gasteiger partial charge is 0.467 e. The second-order valence-electron chi connectivity index (χ2n) is 4.77. The van der Waals surface area contributed by atoms with Gasteiger partial charge in [0.25, 0.3) is 0 Å². The summed E-state index contributed by atoms with van der Waals surface area (Å²) in [5.41, 5.74) is 0. The highest BCUT2D eigenvalue weighted by Crippen LogP contribution is 2.22. The van der Waals surface area contributed by atoms with Crippen LogP contribution >= 0.6 is 0 Å². The Morgan fingerprint density at radius 3 is 2.78 bits per heavy atom. The monoisotopic (exact) mass is 254 g/mol. The summed E-state index contributed by atoms with van der Waals surface area (Å²) in [6, 6.07) is -0.480. The van der Waals surface area contributed by atoms with Crippen molar-refractivity contribution < 1.29 is 19.1 Å². The quantitative estimate of drug-likeness (QED) is 0.685. The molecule has 2 fully saturated rings. The molecule has 2 aliphatic heterocycles. The first-order valence-electron chi connectivity index (χ1n) is 6.28. The number of likely N-dealkylation sites (tertiary alicyclic amines) is 1. The molecule has 2 saturated heterocycles. The number of carbonyl (C=O) groups is 3. The molecule has 2 atom stereocenters. The van der Waals surface area contributed by atoms with Gasteiger partial charge in [-0.25, -0.2) is 4.79 Å². The zero-order valence-electron chi connectivity index (χ0n) is 10.5. The van der Waals surface area contributed by atoms with Gasteiger partial charge in [-0.1, -0.05) is 0 Å². The Bertz CT molecular complexity index is 369. The van der Waals surface area contributed by atoms with Gasteiger partial charge in [0.05, 0.1) is 13.0 Å². The van der Waals surface area contributed by atoms with Gasteiger partial charge < -0.3 is 15.0 Å². The molecule has 100 valence electrons. The van der Waals surface area contributed by atoms with E-state index in [2.05, 4.69) is 5.32 Å². The number of esters is 1.